The van der Waals surface area contributed by atoms with Crippen molar-refractivity contribution in [2.24, 2.45) is 5.92 Å². The molecule has 2 atom stereocenters. The summed E-state index contributed by atoms with van der Waals surface area (Å²) in [5, 5.41) is 3.77. The van der Waals surface area contributed by atoms with Gasteiger partial charge in [-0.3, -0.25) is 0 Å². The Morgan fingerprint density at radius 1 is 1.26 bits per heavy atom. The lowest BCUT2D eigenvalue weighted by atomic mass is 10.0. The number of aryl methyl sites for hydroxylation is 1. The third-order valence-electron chi connectivity index (χ3n) is 4.76. The lowest BCUT2D eigenvalue weighted by molar-refractivity contribution is 0.360. The van der Waals surface area contributed by atoms with Crippen molar-refractivity contribution in [1.82, 2.24) is 5.32 Å². The number of nitrogens with zero attached hydrogens (tertiary/aromatic N) is 1. The Morgan fingerprint density at radius 3 is 2.79 bits per heavy atom. The van der Waals surface area contributed by atoms with Gasteiger partial charge in [-0.25, -0.2) is 0 Å². The molecule has 1 aromatic carbocycles. The van der Waals surface area contributed by atoms with Crippen LogP contribution >= 0.6 is 0 Å². The molecule has 3 rings (SSSR count). The summed E-state index contributed by atoms with van der Waals surface area (Å²) in [6.07, 6.45) is 5.21. The molecule has 1 aromatic rings. The van der Waals surface area contributed by atoms with Crippen molar-refractivity contribution in [1.29, 1.82) is 0 Å². The molecule has 1 saturated heterocycles. The van der Waals surface area contributed by atoms with Gasteiger partial charge < -0.3 is 10.2 Å². The molecular weight excluding hydrogens is 232 g/mol. The number of nitrogens with one attached hydrogen (secondary N) is 1. The smallest absolute Gasteiger partial charge is 0.0412 e. The first-order valence-corrected chi connectivity index (χ1v) is 7.90. The van der Waals surface area contributed by atoms with Gasteiger partial charge in [0.1, 0.15) is 0 Å². The average molecular weight is 258 g/mol. The molecule has 104 valence electrons. The number of hydrogen-bond donors (Lipinski definition) is 1. The summed E-state index contributed by atoms with van der Waals surface area (Å²) in [6, 6.07) is 10.5. The van der Waals surface area contributed by atoms with Gasteiger partial charge in [0.15, 0.2) is 0 Å². The summed E-state index contributed by atoms with van der Waals surface area (Å²) in [5.41, 5.74) is 2.88. The first-order valence-electron chi connectivity index (χ1n) is 7.90. The molecule has 0 bridgehead atoms. The van der Waals surface area contributed by atoms with E-state index in [0.29, 0.717) is 12.1 Å². The van der Waals surface area contributed by atoms with Crippen LogP contribution in [0, 0.1) is 5.92 Å². The van der Waals surface area contributed by atoms with Crippen LogP contribution in [0.1, 0.15) is 38.7 Å². The largest absolute Gasteiger partial charge is 0.366 e. The van der Waals surface area contributed by atoms with Gasteiger partial charge in [-0.15, -0.1) is 0 Å². The maximum atomic E-state index is 3.77. The standard InChI is InChI=1S/C17H26N2/c1-3-13-6-5-7-16(10-13)19-12-17(14-8-9-14)18-11-15(19)4-2/h5-7,10,14-15,17-18H,3-4,8-9,11-12H2,1-2H3. The Kier molecular flexibility index (Phi) is 3.79. The van der Waals surface area contributed by atoms with Gasteiger partial charge in [-0.05, 0) is 49.3 Å². The van der Waals surface area contributed by atoms with E-state index in [2.05, 4.69) is 48.3 Å². The van der Waals surface area contributed by atoms with Crippen molar-refractivity contribution < 1.29 is 0 Å². The van der Waals surface area contributed by atoms with Gasteiger partial charge in [0.2, 0.25) is 0 Å². The monoisotopic (exact) mass is 258 g/mol. The summed E-state index contributed by atoms with van der Waals surface area (Å²) >= 11 is 0. The molecule has 2 aliphatic rings. The molecule has 19 heavy (non-hydrogen) atoms. The van der Waals surface area contributed by atoms with E-state index in [9.17, 15) is 0 Å². The minimum atomic E-state index is 0.655. The van der Waals surface area contributed by atoms with Crippen molar-refractivity contribution in [3.05, 3.63) is 29.8 Å². The Labute approximate surface area is 117 Å². The fourth-order valence-electron chi connectivity index (χ4n) is 3.27. The third kappa shape index (κ3) is 2.79. The van der Waals surface area contributed by atoms with Crippen molar-refractivity contribution in [3.8, 4) is 0 Å². The van der Waals surface area contributed by atoms with Crippen molar-refractivity contribution in [2.45, 2.75) is 51.6 Å². The van der Waals surface area contributed by atoms with Gasteiger partial charge in [0.05, 0.1) is 0 Å². The first kappa shape index (κ1) is 13.0. The molecular formula is C17H26N2. The summed E-state index contributed by atoms with van der Waals surface area (Å²) in [6.45, 7) is 6.88. The van der Waals surface area contributed by atoms with E-state index in [1.807, 2.05) is 0 Å². The highest BCUT2D eigenvalue weighted by molar-refractivity contribution is 5.50. The molecule has 2 fully saturated rings. The van der Waals surface area contributed by atoms with E-state index in [0.717, 1.165) is 18.9 Å². The summed E-state index contributed by atoms with van der Waals surface area (Å²) in [4.78, 5) is 2.65. The number of piperazine rings is 1. The van der Waals surface area contributed by atoms with Crippen molar-refractivity contribution in [2.75, 3.05) is 18.0 Å². The van der Waals surface area contributed by atoms with Gasteiger partial charge in [-0.1, -0.05) is 26.0 Å². The number of rotatable bonds is 4. The SMILES string of the molecule is CCc1cccc(N2CC(C3CC3)NCC2CC)c1. The van der Waals surface area contributed by atoms with Crippen LogP contribution in [-0.2, 0) is 6.42 Å². The molecule has 0 radical (unpaired) electrons. The molecule has 0 aromatic heterocycles. The summed E-state index contributed by atoms with van der Waals surface area (Å²) in [7, 11) is 0. The topological polar surface area (TPSA) is 15.3 Å². The van der Waals surface area contributed by atoms with Gasteiger partial charge >= 0.3 is 0 Å². The molecule has 0 amide bonds. The predicted octanol–water partition coefficient (Wildman–Crippen LogP) is 3.22. The average Bonchev–Trinajstić information content (AvgIpc) is 3.31. The molecule has 1 aliphatic heterocycles. The van der Waals surface area contributed by atoms with E-state index >= 15 is 0 Å². The van der Waals surface area contributed by atoms with E-state index in [1.54, 1.807) is 0 Å². The Morgan fingerprint density at radius 2 is 2.11 bits per heavy atom. The second-order valence-electron chi connectivity index (χ2n) is 6.09. The van der Waals surface area contributed by atoms with Crippen LogP contribution in [0.3, 0.4) is 0 Å². The Balaban J connectivity index is 1.80. The highest BCUT2D eigenvalue weighted by Gasteiger charge is 2.36. The molecule has 2 nitrogen and oxygen atoms in total. The van der Waals surface area contributed by atoms with E-state index in [4.69, 9.17) is 0 Å². The van der Waals surface area contributed by atoms with Crippen LogP contribution < -0.4 is 10.2 Å². The molecule has 0 spiro atoms. The lowest BCUT2D eigenvalue weighted by Gasteiger charge is -2.42. The zero-order valence-corrected chi connectivity index (χ0v) is 12.2. The maximum Gasteiger partial charge on any atom is 0.0412 e. The number of hydrogen-bond acceptors (Lipinski definition) is 2. The first-order chi connectivity index (χ1) is 9.31. The van der Waals surface area contributed by atoms with Gasteiger partial charge in [-0.2, -0.15) is 0 Å². The van der Waals surface area contributed by atoms with Crippen LogP contribution in [0.2, 0.25) is 0 Å². The Bertz CT molecular complexity index is 425. The summed E-state index contributed by atoms with van der Waals surface area (Å²) < 4.78 is 0. The molecule has 1 N–H and O–H groups in total. The normalized spacial score (nSPS) is 27.6. The second kappa shape index (κ2) is 5.54. The zero-order valence-electron chi connectivity index (χ0n) is 12.2. The molecule has 1 heterocycles. The van der Waals surface area contributed by atoms with Crippen LogP contribution in [0.5, 0.6) is 0 Å². The van der Waals surface area contributed by atoms with Crippen LogP contribution in [0.15, 0.2) is 24.3 Å². The molecule has 2 heteroatoms. The second-order valence-corrected chi connectivity index (χ2v) is 6.09. The van der Waals surface area contributed by atoms with Crippen LogP contribution in [0.4, 0.5) is 5.69 Å². The minimum absolute atomic E-state index is 0.655. The van der Waals surface area contributed by atoms with Gasteiger partial charge in [0, 0.05) is 30.9 Å². The number of benzene rings is 1. The molecule has 1 saturated carbocycles. The summed E-state index contributed by atoms with van der Waals surface area (Å²) in [5.74, 6) is 0.940. The highest BCUT2D eigenvalue weighted by Crippen LogP contribution is 2.35. The molecule has 1 aliphatic carbocycles. The van der Waals surface area contributed by atoms with E-state index in [-0.39, 0.29) is 0 Å². The maximum absolute atomic E-state index is 3.77. The van der Waals surface area contributed by atoms with E-state index in [1.165, 1.54) is 37.1 Å². The minimum Gasteiger partial charge on any atom is -0.366 e. The zero-order chi connectivity index (χ0) is 13.2. The van der Waals surface area contributed by atoms with Crippen LogP contribution in [-0.4, -0.2) is 25.2 Å². The van der Waals surface area contributed by atoms with Crippen molar-refractivity contribution in [3.63, 3.8) is 0 Å². The lowest BCUT2D eigenvalue weighted by Crippen LogP contribution is -2.57. The third-order valence-corrected chi connectivity index (χ3v) is 4.76. The number of anilines is 1. The van der Waals surface area contributed by atoms with E-state index < -0.39 is 0 Å². The van der Waals surface area contributed by atoms with Crippen molar-refractivity contribution >= 4 is 5.69 Å². The Hall–Kier alpha value is -1.02. The quantitative estimate of drug-likeness (QED) is 0.892. The molecule has 2 unspecified atom stereocenters. The highest BCUT2D eigenvalue weighted by atomic mass is 15.2. The predicted molar refractivity (Wildman–Crippen MR) is 81.8 cm³/mol. The fraction of sp³-hybridized carbons (Fsp3) is 0.647. The van der Waals surface area contributed by atoms with Crippen LogP contribution in [0.25, 0.3) is 0 Å². The fourth-order valence-corrected chi connectivity index (χ4v) is 3.27. The van der Waals surface area contributed by atoms with Gasteiger partial charge in [0.25, 0.3) is 0 Å².